The minimum Gasteiger partial charge on any atom is -0.494 e. The van der Waals surface area contributed by atoms with E-state index in [9.17, 15) is 14.4 Å². The molecule has 7 heteroatoms. The van der Waals surface area contributed by atoms with E-state index in [1.54, 1.807) is 6.07 Å². The summed E-state index contributed by atoms with van der Waals surface area (Å²) in [4.78, 5) is 17.8. The Kier molecular flexibility index (Phi) is 4.05. The van der Waals surface area contributed by atoms with Gasteiger partial charge >= 0.3 is 0 Å². The number of aromatic nitrogens is 1. The summed E-state index contributed by atoms with van der Waals surface area (Å²) < 4.78 is 114. The number of pyridine rings is 1. The summed E-state index contributed by atoms with van der Waals surface area (Å²) >= 11 is 0. The number of nitrogens with zero attached hydrogens (tertiary/aromatic N) is 3. The molecule has 0 unspecified atom stereocenters. The van der Waals surface area contributed by atoms with E-state index >= 15 is 0 Å². The number of hydrogen-bond donors (Lipinski definition) is 1. The molecule has 0 aliphatic rings. The largest absolute Gasteiger partial charge is 0.494 e. The van der Waals surface area contributed by atoms with E-state index in [1.807, 2.05) is 0 Å². The number of likely N-dealkylation sites (N-methyl/N-ethyl adjacent to an activating group) is 1. The molecule has 0 aliphatic heterocycles. The molecule has 1 heterocycles. The van der Waals surface area contributed by atoms with Gasteiger partial charge in [-0.1, -0.05) is 6.05 Å². The Labute approximate surface area is 210 Å². The molecule has 0 aliphatic carbocycles. The summed E-state index contributed by atoms with van der Waals surface area (Å²) in [6.07, 6.45) is -0.732. The van der Waals surface area contributed by atoms with Gasteiger partial charge in [-0.2, -0.15) is 5.26 Å². The number of ketones is 1. The molecule has 2 aromatic carbocycles. The average molecular weight is 459 g/mol. The molecule has 3 rings (SSSR count). The van der Waals surface area contributed by atoms with Gasteiger partial charge in [-0.3, -0.25) is 9.78 Å². The summed E-state index contributed by atoms with van der Waals surface area (Å²) in [5, 5.41) is 12.4. The summed E-state index contributed by atoms with van der Waals surface area (Å²) in [7, 11) is 1.21. The van der Waals surface area contributed by atoms with Crippen LogP contribution in [0.25, 0.3) is 10.9 Å². The molecule has 0 fully saturated rings. The number of aryl methyl sites for hydroxylation is 1. The normalized spacial score (nSPS) is 18.0. The van der Waals surface area contributed by atoms with Gasteiger partial charge in [0.05, 0.1) is 31.6 Å². The molecule has 0 atom stereocenters. The van der Waals surface area contributed by atoms with E-state index < -0.39 is 86.1 Å². The zero-order valence-electron chi connectivity index (χ0n) is 29.8. The number of anilines is 2. The molecule has 0 saturated heterocycles. The van der Waals surface area contributed by atoms with Gasteiger partial charge in [0.25, 0.3) is 0 Å². The third-order valence-electron chi connectivity index (χ3n) is 4.43. The van der Waals surface area contributed by atoms with Crippen molar-refractivity contribution in [1.82, 2.24) is 9.88 Å². The van der Waals surface area contributed by atoms with Crippen molar-refractivity contribution in [1.29, 1.82) is 5.26 Å². The number of carbonyl (C=O) groups excluding carboxylic acids is 1. The van der Waals surface area contributed by atoms with Crippen molar-refractivity contribution in [3.63, 3.8) is 0 Å². The lowest BCUT2D eigenvalue weighted by Gasteiger charge is -2.15. The van der Waals surface area contributed by atoms with Crippen LogP contribution < -0.4 is 10.1 Å². The summed E-state index contributed by atoms with van der Waals surface area (Å²) in [5.74, 6) is -2.28. The second-order valence-electron chi connectivity index (χ2n) is 7.01. The molecule has 0 saturated carbocycles. The zero-order valence-corrected chi connectivity index (χ0v) is 17.8. The van der Waals surface area contributed by atoms with Crippen LogP contribution in [0.5, 0.6) is 5.75 Å². The highest BCUT2D eigenvalue weighted by Gasteiger charge is 2.16. The van der Waals surface area contributed by atoms with Gasteiger partial charge in [0, 0.05) is 50.0 Å². The van der Waals surface area contributed by atoms with Crippen LogP contribution in [0.2, 0.25) is 0 Å². The van der Waals surface area contributed by atoms with Crippen molar-refractivity contribution in [2.45, 2.75) is 20.2 Å². The summed E-state index contributed by atoms with van der Waals surface area (Å²) in [5.41, 5.74) is -1.13. The maximum atomic E-state index is 13.9. The van der Waals surface area contributed by atoms with E-state index in [2.05, 4.69) is 10.3 Å². The summed E-state index contributed by atoms with van der Waals surface area (Å²) in [6.45, 7) is -8.37. The zero-order chi connectivity index (χ0) is 34.2. The molecule has 33 heavy (non-hydrogen) atoms. The minimum absolute atomic E-state index is 0.214. The Balaban J connectivity index is 2.33. The van der Waals surface area contributed by atoms with Gasteiger partial charge < -0.3 is 15.0 Å². The fraction of sp³-hybridized carbons (Fsp3) is 0.269. The number of benzene rings is 2. The number of fused-ring (bicyclic) bond motifs is 1. The average Bonchev–Trinajstić information content (AvgIpc) is 2.89. The highest BCUT2D eigenvalue weighted by Crippen LogP contribution is 2.34. The number of rotatable bonds is 9. The molecule has 6 nitrogen and oxygen atoms in total. The van der Waals surface area contributed by atoms with Gasteiger partial charge in [0.1, 0.15) is 17.6 Å². The monoisotopic (exact) mass is 458 g/mol. The molecule has 0 bridgehead atoms. The lowest BCUT2D eigenvalue weighted by atomic mass is 10.0. The third kappa shape index (κ3) is 5.93. The first kappa shape index (κ1) is 12.5. The lowest BCUT2D eigenvalue weighted by Crippen LogP contribution is -2.11. The molecule has 1 N–H and O–H groups in total. The van der Waals surface area contributed by atoms with Crippen LogP contribution in [0.1, 0.15) is 40.0 Å². The standard InChI is InChI=1S/C26H27FN4O2/c1-5-33-25-14-24-22(13-18(25)12-21(32)7-6-10-31(3)4)26(19(15-28)16-29-24)30-20-8-9-23(27)17(2)11-20/h6-9,11,13-14,16H,5,10,12H2,1-4H3,(H,29,30)/b7-6+/i1D3,3D3,5D2,6D,13D,14D,16D. The predicted octanol–water partition coefficient (Wildman–Crippen LogP) is 4.93. The van der Waals surface area contributed by atoms with E-state index in [0.29, 0.717) is 0 Å². The SMILES string of the molecule is [2H]/C(=C\C(=O)Cc1c(OC([2H])([2H])C([2H])([2H])[2H])c([2H])c2nc([2H])c(C#N)c(Nc3ccc(F)c(C)c3)c2c1[2H])CN(C)C([2H])([2H])[2H]. The molecule has 3 aromatic rings. The van der Waals surface area contributed by atoms with Crippen LogP contribution in [0.15, 0.2) is 48.6 Å². The van der Waals surface area contributed by atoms with Crippen LogP contribution in [0.4, 0.5) is 15.8 Å². The maximum absolute atomic E-state index is 13.9. The predicted molar refractivity (Wildman–Crippen MR) is 128 cm³/mol. The number of carbonyl (C=O) groups is 1. The Bertz CT molecular complexity index is 1730. The lowest BCUT2D eigenvalue weighted by molar-refractivity contribution is -0.114. The van der Waals surface area contributed by atoms with Crippen molar-refractivity contribution in [2.24, 2.45) is 0 Å². The highest BCUT2D eigenvalue weighted by atomic mass is 19.1. The first-order valence-electron chi connectivity index (χ1n) is 15.6. The molecular formula is C26H27FN4O2. The number of ether oxygens (including phenoxy) is 1. The molecule has 170 valence electrons. The molecule has 0 spiro atoms. The van der Waals surface area contributed by atoms with E-state index in [0.717, 1.165) is 17.0 Å². The fourth-order valence-electron chi connectivity index (χ4n) is 2.93. The van der Waals surface area contributed by atoms with E-state index in [1.165, 1.54) is 26.1 Å². The third-order valence-corrected chi connectivity index (χ3v) is 4.43. The number of hydrogen-bond acceptors (Lipinski definition) is 6. The van der Waals surface area contributed by atoms with Crippen LogP contribution >= 0.6 is 0 Å². The van der Waals surface area contributed by atoms with Crippen molar-refractivity contribution in [2.75, 3.05) is 32.4 Å². The number of allylic oxidation sites excluding steroid dienone is 1. The quantitative estimate of drug-likeness (QED) is 0.458. The Morgan fingerprint density at radius 2 is 2.36 bits per heavy atom. The first-order valence-corrected chi connectivity index (χ1v) is 9.59. The molecular weight excluding hydrogens is 419 g/mol. The minimum atomic E-state index is -3.43. The number of nitrogens with one attached hydrogen (secondary N) is 1. The van der Waals surface area contributed by atoms with Crippen LogP contribution in [0.3, 0.4) is 0 Å². The highest BCUT2D eigenvalue weighted by molar-refractivity contribution is 5.98. The molecule has 0 amide bonds. The first-order chi connectivity index (χ1) is 20.6. The van der Waals surface area contributed by atoms with Crippen LogP contribution in [0, 0.1) is 24.1 Å². The van der Waals surface area contributed by atoms with E-state index in [4.69, 9.17) is 21.2 Å². The van der Waals surface area contributed by atoms with Crippen molar-refractivity contribution < 1.29 is 30.4 Å². The maximum Gasteiger partial charge on any atom is 0.159 e. The second-order valence-corrected chi connectivity index (χ2v) is 7.01. The van der Waals surface area contributed by atoms with Gasteiger partial charge in [-0.25, -0.2) is 4.39 Å². The Morgan fingerprint density at radius 3 is 3.09 bits per heavy atom. The van der Waals surface area contributed by atoms with Crippen molar-refractivity contribution in [3.05, 3.63) is 71.1 Å². The van der Waals surface area contributed by atoms with Gasteiger partial charge in [0.2, 0.25) is 0 Å². The number of nitriles is 1. The number of halogens is 1. The topological polar surface area (TPSA) is 78.2 Å². The molecule has 0 radical (unpaired) electrons. The second kappa shape index (κ2) is 10.7. The van der Waals surface area contributed by atoms with Crippen LogP contribution in [-0.4, -0.2) is 42.8 Å². The Morgan fingerprint density at radius 1 is 1.52 bits per heavy atom. The van der Waals surface area contributed by atoms with E-state index in [-0.39, 0.29) is 27.9 Å². The molecule has 1 aromatic heterocycles. The summed E-state index contributed by atoms with van der Waals surface area (Å²) in [6, 6.07) is 3.74. The fourth-order valence-corrected chi connectivity index (χ4v) is 2.93. The van der Waals surface area contributed by atoms with Crippen molar-refractivity contribution in [3.8, 4) is 11.8 Å². The van der Waals surface area contributed by atoms with Gasteiger partial charge in [0.15, 0.2) is 5.78 Å². The van der Waals surface area contributed by atoms with Gasteiger partial charge in [-0.15, -0.1) is 0 Å². The Hall–Kier alpha value is -3.76. The smallest absolute Gasteiger partial charge is 0.159 e. The van der Waals surface area contributed by atoms with Crippen LogP contribution in [-0.2, 0) is 11.2 Å². The van der Waals surface area contributed by atoms with Gasteiger partial charge in [-0.05, 0) is 63.7 Å². The van der Waals surface area contributed by atoms with Crippen molar-refractivity contribution >= 4 is 28.1 Å².